The molecule has 0 unspecified atom stereocenters. The first kappa shape index (κ1) is 13.6. The predicted octanol–water partition coefficient (Wildman–Crippen LogP) is 4.46. The van der Waals surface area contributed by atoms with Crippen LogP contribution < -0.4 is 0 Å². The summed E-state index contributed by atoms with van der Waals surface area (Å²) in [6.45, 7) is 3.66. The first-order valence-corrected chi connectivity index (χ1v) is 6.75. The zero-order chi connectivity index (χ0) is 15.1. The molecule has 0 aliphatic rings. The fourth-order valence-electron chi connectivity index (χ4n) is 2.41. The molecular formula is C16H12ClNO3. The summed E-state index contributed by atoms with van der Waals surface area (Å²) in [5, 5.41) is 10.4. The highest BCUT2D eigenvalue weighted by Crippen LogP contribution is 2.31. The van der Waals surface area contributed by atoms with E-state index >= 15 is 0 Å². The number of aryl methyl sites for hydroxylation is 2. The molecule has 0 radical (unpaired) electrons. The fraction of sp³-hybridized carbons (Fsp3) is 0.125. The van der Waals surface area contributed by atoms with E-state index in [2.05, 4.69) is 4.98 Å². The molecule has 0 amide bonds. The maximum absolute atomic E-state index is 11.5. The number of halogens is 1. The van der Waals surface area contributed by atoms with Gasteiger partial charge in [-0.05, 0) is 32.0 Å². The minimum atomic E-state index is -1.01. The van der Waals surface area contributed by atoms with E-state index in [1.807, 2.05) is 19.9 Å². The van der Waals surface area contributed by atoms with E-state index in [0.29, 0.717) is 27.4 Å². The Kier molecular flexibility index (Phi) is 3.18. The van der Waals surface area contributed by atoms with Gasteiger partial charge < -0.3 is 9.52 Å². The average Bonchev–Trinajstić information content (AvgIpc) is 2.77. The van der Waals surface area contributed by atoms with Gasteiger partial charge in [0.2, 0.25) is 0 Å². The Morgan fingerprint density at radius 1 is 1.29 bits per heavy atom. The smallest absolute Gasteiger partial charge is 0.336 e. The first-order chi connectivity index (χ1) is 9.97. The molecule has 0 saturated heterocycles. The lowest BCUT2D eigenvalue weighted by Gasteiger charge is -2.07. The third kappa shape index (κ3) is 2.28. The number of fused-ring (bicyclic) bond motifs is 1. The molecular weight excluding hydrogens is 290 g/mol. The molecule has 0 fully saturated rings. The van der Waals surface area contributed by atoms with Crippen molar-refractivity contribution in [1.29, 1.82) is 0 Å². The minimum Gasteiger partial charge on any atom is -0.478 e. The highest BCUT2D eigenvalue weighted by Gasteiger charge is 2.17. The molecule has 4 nitrogen and oxygen atoms in total. The number of benzene rings is 1. The van der Waals surface area contributed by atoms with Gasteiger partial charge in [-0.1, -0.05) is 23.7 Å². The van der Waals surface area contributed by atoms with E-state index in [1.165, 1.54) is 0 Å². The quantitative estimate of drug-likeness (QED) is 0.759. The summed E-state index contributed by atoms with van der Waals surface area (Å²) in [7, 11) is 0. The van der Waals surface area contributed by atoms with Crippen LogP contribution in [0.1, 0.15) is 21.9 Å². The molecule has 0 saturated carbocycles. The first-order valence-electron chi connectivity index (χ1n) is 6.37. The molecule has 2 heterocycles. The van der Waals surface area contributed by atoms with Crippen molar-refractivity contribution in [2.45, 2.75) is 13.8 Å². The van der Waals surface area contributed by atoms with Crippen LogP contribution in [0.15, 0.2) is 34.7 Å². The fourth-order valence-corrected chi connectivity index (χ4v) is 2.63. The Morgan fingerprint density at radius 2 is 2.05 bits per heavy atom. The van der Waals surface area contributed by atoms with Crippen molar-refractivity contribution >= 4 is 28.5 Å². The van der Waals surface area contributed by atoms with Gasteiger partial charge >= 0.3 is 5.97 Å². The maximum atomic E-state index is 11.5. The van der Waals surface area contributed by atoms with Crippen LogP contribution in [0.3, 0.4) is 0 Å². The predicted molar refractivity (Wildman–Crippen MR) is 80.9 cm³/mol. The van der Waals surface area contributed by atoms with Gasteiger partial charge in [0.25, 0.3) is 0 Å². The van der Waals surface area contributed by atoms with Crippen molar-refractivity contribution in [2.24, 2.45) is 0 Å². The van der Waals surface area contributed by atoms with E-state index in [9.17, 15) is 9.90 Å². The van der Waals surface area contributed by atoms with Crippen LogP contribution in [0.4, 0.5) is 0 Å². The van der Waals surface area contributed by atoms with Crippen LogP contribution in [0.25, 0.3) is 22.2 Å². The number of pyridine rings is 1. The van der Waals surface area contributed by atoms with Gasteiger partial charge in [-0.2, -0.15) is 0 Å². The summed E-state index contributed by atoms with van der Waals surface area (Å²) < 4.78 is 5.49. The molecule has 0 spiro atoms. The number of hydrogen-bond acceptors (Lipinski definition) is 3. The Hall–Kier alpha value is -2.33. The molecule has 5 heteroatoms. The Bertz CT molecular complexity index is 867. The number of nitrogens with zero attached hydrogens (tertiary/aromatic N) is 1. The number of carboxylic acids is 1. The SMILES string of the molecule is Cc1cc(-c2cc(C(=O)O)c3cccc(Cl)c3n2)c(C)o1. The average molecular weight is 302 g/mol. The van der Waals surface area contributed by atoms with Crippen molar-refractivity contribution < 1.29 is 14.3 Å². The second-order valence-corrected chi connectivity index (χ2v) is 5.23. The molecule has 3 aromatic rings. The molecule has 0 atom stereocenters. The highest BCUT2D eigenvalue weighted by molar-refractivity contribution is 6.35. The number of rotatable bonds is 2. The number of furan rings is 1. The Morgan fingerprint density at radius 3 is 2.67 bits per heavy atom. The van der Waals surface area contributed by atoms with Gasteiger partial charge in [0.05, 0.1) is 21.8 Å². The molecule has 1 aromatic carbocycles. The van der Waals surface area contributed by atoms with Crippen LogP contribution in [0, 0.1) is 13.8 Å². The molecule has 0 aliphatic carbocycles. The molecule has 0 aliphatic heterocycles. The zero-order valence-electron chi connectivity index (χ0n) is 11.5. The van der Waals surface area contributed by atoms with E-state index < -0.39 is 5.97 Å². The topological polar surface area (TPSA) is 63.3 Å². The summed E-state index contributed by atoms with van der Waals surface area (Å²) >= 11 is 6.16. The molecule has 0 bridgehead atoms. The Balaban J connectivity index is 2.37. The van der Waals surface area contributed by atoms with Gasteiger partial charge in [0.1, 0.15) is 11.5 Å². The van der Waals surface area contributed by atoms with Crippen molar-refractivity contribution in [2.75, 3.05) is 0 Å². The van der Waals surface area contributed by atoms with Crippen LogP contribution in [0.2, 0.25) is 5.02 Å². The maximum Gasteiger partial charge on any atom is 0.336 e. The van der Waals surface area contributed by atoms with Crippen LogP contribution in [-0.4, -0.2) is 16.1 Å². The summed E-state index contributed by atoms with van der Waals surface area (Å²) in [5.41, 5.74) is 1.97. The second kappa shape index (κ2) is 4.90. The van der Waals surface area contributed by atoms with Crippen molar-refractivity contribution in [1.82, 2.24) is 4.98 Å². The van der Waals surface area contributed by atoms with Gasteiger partial charge in [0, 0.05) is 10.9 Å². The normalized spacial score (nSPS) is 11.0. The Labute approximate surface area is 126 Å². The summed E-state index contributed by atoms with van der Waals surface area (Å²) in [6, 6.07) is 8.50. The summed E-state index contributed by atoms with van der Waals surface area (Å²) in [4.78, 5) is 16.0. The lowest BCUT2D eigenvalue weighted by molar-refractivity contribution is 0.0699. The van der Waals surface area contributed by atoms with Gasteiger partial charge in [-0.15, -0.1) is 0 Å². The van der Waals surface area contributed by atoms with Crippen LogP contribution in [-0.2, 0) is 0 Å². The summed E-state index contributed by atoms with van der Waals surface area (Å²) in [5.74, 6) is 0.437. The molecule has 1 N–H and O–H groups in total. The van der Waals surface area contributed by atoms with E-state index in [4.69, 9.17) is 16.0 Å². The number of aromatic carboxylic acids is 1. The van der Waals surface area contributed by atoms with Crippen molar-refractivity contribution in [3.63, 3.8) is 0 Å². The second-order valence-electron chi connectivity index (χ2n) is 4.82. The van der Waals surface area contributed by atoms with Gasteiger partial charge in [-0.25, -0.2) is 9.78 Å². The van der Waals surface area contributed by atoms with Gasteiger partial charge in [0.15, 0.2) is 0 Å². The third-order valence-electron chi connectivity index (χ3n) is 3.34. The van der Waals surface area contributed by atoms with Gasteiger partial charge in [-0.3, -0.25) is 0 Å². The lowest BCUT2D eigenvalue weighted by Crippen LogP contribution is -2.00. The van der Waals surface area contributed by atoms with Crippen LogP contribution >= 0.6 is 11.6 Å². The number of aromatic nitrogens is 1. The molecule has 21 heavy (non-hydrogen) atoms. The molecule has 3 rings (SSSR count). The number of para-hydroxylation sites is 1. The molecule has 2 aromatic heterocycles. The standard InChI is InChI=1S/C16H12ClNO3/c1-8-6-11(9(2)21-8)14-7-12(16(19)20)10-4-3-5-13(17)15(10)18-14/h3-7H,1-2H3,(H,19,20). The monoisotopic (exact) mass is 301 g/mol. The zero-order valence-corrected chi connectivity index (χ0v) is 12.2. The third-order valence-corrected chi connectivity index (χ3v) is 3.64. The highest BCUT2D eigenvalue weighted by atomic mass is 35.5. The van der Waals surface area contributed by atoms with Crippen molar-refractivity contribution in [3.8, 4) is 11.3 Å². The van der Waals surface area contributed by atoms with E-state index in [1.54, 1.807) is 24.3 Å². The molecule has 106 valence electrons. The minimum absolute atomic E-state index is 0.177. The summed E-state index contributed by atoms with van der Waals surface area (Å²) in [6.07, 6.45) is 0. The van der Waals surface area contributed by atoms with E-state index in [-0.39, 0.29) is 5.56 Å². The van der Waals surface area contributed by atoms with Crippen LogP contribution in [0.5, 0.6) is 0 Å². The number of carboxylic acid groups (broad SMARTS) is 1. The van der Waals surface area contributed by atoms with E-state index in [0.717, 1.165) is 11.3 Å². The van der Waals surface area contributed by atoms with Crippen molar-refractivity contribution in [3.05, 3.63) is 52.4 Å². The number of hydrogen-bond donors (Lipinski definition) is 1. The number of carbonyl (C=O) groups is 1. The largest absolute Gasteiger partial charge is 0.478 e. The lowest BCUT2D eigenvalue weighted by atomic mass is 10.0.